The predicted octanol–water partition coefficient (Wildman–Crippen LogP) is 2.09. The van der Waals surface area contributed by atoms with Crippen LogP contribution in [0.25, 0.3) is 0 Å². The molecule has 1 amide bonds. The second-order valence-electron chi connectivity index (χ2n) is 5.67. The van der Waals surface area contributed by atoms with Gasteiger partial charge < -0.3 is 25.8 Å². The highest BCUT2D eigenvalue weighted by molar-refractivity contribution is 5.89. The molecule has 6 nitrogen and oxygen atoms in total. The number of para-hydroxylation sites is 1. The minimum atomic E-state index is -0.566. The maximum Gasteiger partial charge on any atom is 0.221 e. The van der Waals surface area contributed by atoms with E-state index in [4.69, 9.17) is 4.74 Å². The van der Waals surface area contributed by atoms with Crippen molar-refractivity contribution in [2.24, 2.45) is 0 Å². The Morgan fingerprint density at radius 1 is 1.08 bits per heavy atom. The van der Waals surface area contributed by atoms with Crippen LogP contribution in [0.4, 0.5) is 11.4 Å². The SMILES string of the molecule is CC(=O)Nc1cccc(NCCNCC(O)COc2ccccc2)c1. The summed E-state index contributed by atoms with van der Waals surface area (Å²) < 4.78 is 5.50. The number of nitrogens with one attached hydrogen (secondary N) is 3. The van der Waals surface area contributed by atoms with Gasteiger partial charge in [0, 0.05) is 37.9 Å². The highest BCUT2D eigenvalue weighted by Crippen LogP contribution is 2.14. The lowest BCUT2D eigenvalue weighted by Crippen LogP contribution is -2.34. The highest BCUT2D eigenvalue weighted by Gasteiger charge is 2.04. The third kappa shape index (κ3) is 7.69. The van der Waals surface area contributed by atoms with E-state index in [0.29, 0.717) is 19.6 Å². The van der Waals surface area contributed by atoms with Crippen LogP contribution in [0.5, 0.6) is 5.75 Å². The van der Waals surface area contributed by atoms with Crippen molar-refractivity contribution in [1.82, 2.24) is 5.32 Å². The summed E-state index contributed by atoms with van der Waals surface area (Å²) in [5.41, 5.74) is 1.69. The van der Waals surface area contributed by atoms with Crippen LogP contribution in [0, 0.1) is 0 Å². The lowest BCUT2D eigenvalue weighted by molar-refractivity contribution is -0.114. The van der Waals surface area contributed by atoms with E-state index in [1.165, 1.54) is 6.92 Å². The number of rotatable bonds is 10. The summed E-state index contributed by atoms with van der Waals surface area (Å²) in [6.07, 6.45) is -0.566. The molecule has 0 aromatic heterocycles. The number of ether oxygens (including phenoxy) is 1. The topological polar surface area (TPSA) is 82.6 Å². The van der Waals surface area contributed by atoms with Crippen molar-refractivity contribution in [3.8, 4) is 5.75 Å². The van der Waals surface area contributed by atoms with E-state index in [2.05, 4.69) is 16.0 Å². The van der Waals surface area contributed by atoms with E-state index in [9.17, 15) is 9.90 Å². The van der Waals surface area contributed by atoms with Crippen LogP contribution < -0.4 is 20.7 Å². The Hall–Kier alpha value is -2.57. The second kappa shape index (κ2) is 10.3. The van der Waals surface area contributed by atoms with Gasteiger partial charge in [-0.1, -0.05) is 24.3 Å². The first kappa shape index (κ1) is 18.8. The Balaban J connectivity index is 1.59. The molecular weight excluding hydrogens is 318 g/mol. The standard InChI is InChI=1S/C19H25N3O3/c1-15(23)22-17-7-5-6-16(12-17)21-11-10-20-13-18(24)14-25-19-8-3-2-4-9-19/h2-9,12,18,20-21,24H,10-11,13-14H2,1H3,(H,22,23). The third-order valence-electron chi connectivity index (χ3n) is 3.38. The summed E-state index contributed by atoms with van der Waals surface area (Å²) in [6.45, 7) is 3.60. The Bertz CT molecular complexity index is 649. The maximum atomic E-state index is 11.1. The molecule has 2 aromatic rings. The van der Waals surface area contributed by atoms with Crippen LogP contribution in [-0.4, -0.2) is 43.4 Å². The molecule has 0 fully saturated rings. The number of amides is 1. The number of carbonyl (C=O) groups excluding carboxylic acids is 1. The molecule has 2 rings (SSSR count). The van der Waals surface area contributed by atoms with Gasteiger partial charge in [-0.15, -0.1) is 0 Å². The van der Waals surface area contributed by atoms with Gasteiger partial charge in [0.05, 0.1) is 0 Å². The fraction of sp³-hybridized carbons (Fsp3) is 0.316. The van der Waals surface area contributed by atoms with E-state index in [1.54, 1.807) is 0 Å². The molecule has 134 valence electrons. The average Bonchev–Trinajstić information content (AvgIpc) is 2.60. The lowest BCUT2D eigenvalue weighted by atomic mass is 10.2. The third-order valence-corrected chi connectivity index (χ3v) is 3.38. The largest absolute Gasteiger partial charge is 0.491 e. The van der Waals surface area contributed by atoms with E-state index in [-0.39, 0.29) is 12.5 Å². The summed E-state index contributed by atoms with van der Waals surface area (Å²) in [5.74, 6) is 0.660. The first-order chi connectivity index (χ1) is 12.1. The van der Waals surface area contributed by atoms with Gasteiger partial charge >= 0.3 is 0 Å². The molecule has 2 aromatic carbocycles. The smallest absolute Gasteiger partial charge is 0.221 e. The van der Waals surface area contributed by atoms with Crippen LogP contribution in [-0.2, 0) is 4.79 Å². The number of aliphatic hydroxyl groups excluding tert-OH is 1. The molecule has 6 heteroatoms. The van der Waals surface area contributed by atoms with Crippen molar-refractivity contribution in [2.75, 3.05) is 36.9 Å². The van der Waals surface area contributed by atoms with Crippen LogP contribution >= 0.6 is 0 Å². The Kier molecular flexibility index (Phi) is 7.75. The molecule has 0 radical (unpaired) electrons. The number of hydrogen-bond acceptors (Lipinski definition) is 5. The van der Waals surface area contributed by atoms with Gasteiger partial charge in [0.15, 0.2) is 0 Å². The Morgan fingerprint density at radius 3 is 2.60 bits per heavy atom. The molecule has 1 atom stereocenters. The molecule has 0 spiro atoms. The van der Waals surface area contributed by atoms with E-state index >= 15 is 0 Å². The summed E-state index contributed by atoms with van der Waals surface area (Å²) in [4.78, 5) is 11.1. The number of carbonyl (C=O) groups is 1. The minimum Gasteiger partial charge on any atom is -0.491 e. The van der Waals surface area contributed by atoms with Crippen molar-refractivity contribution in [1.29, 1.82) is 0 Å². The molecule has 0 saturated carbocycles. The Labute approximate surface area is 148 Å². The predicted molar refractivity (Wildman–Crippen MR) is 100 cm³/mol. The summed E-state index contributed by atoms with van der Waals surface area (Å²) in [7, 11) is 0. The van der Waals surface area contributed by atoms with Gasteiger partial charge in [-0.25, -0.2) is 0 Å². The molecule has 0 aliphatic heterocycles. The first-order valence-corrected chi connectivity index (χ1v) is 8.31. The Morgan fingerprint density at radius 2 is 1.84 bits per heavy atom. The van der Waals surface area contributed by atoms with Crippen LogP contribution in [0.2, 0.25) is 0 Å². The van der Waals surface area contributed by atoms with E-state index < -0.39 is 6.10 Å². The van der Waals surface area contributed by atoms with Crippen LogP contribution in [0.3, 0.4) is 0 Å². The van der Waals surface area contributed by atoms with Crippen molar-refractivity contribution in [3.63, 3.8) is 0 Å². The van der Waals surface area contributed by atoms with E-state index in [1.807, 2.05) is 54.6 Å². The lowest BCUT2D eigenvalue weighted by Gasteiger charge is -2.14. The maximum absolute atomic E-state index is 11.1. The van der Waals surface area contributed by atoms with Gasteiger partial charge in [-0.2, -0.15) is 0 Å². The molecule has 1 unspecified atom stereocenters. The zero-order valence-electron chi connectivity index (χ0n) is 14.4. The first-order valence-electron chi connectivity index (χ1n) is 8.31. The fourth-order valence-corrected chi connectivity index (χ4v) is 2.24. The number of aliphatic hydroxyl groups is 1. The number of hydrogen-bond donors (Lipinski definition) is 4. The molecule has 0 heterocycles. The van der Waals surface area contributed by atoms with Gasteiger partial charge in [0.1, 0.15) is 18.5 Å². The van der Waals surface area contributed by atoms with Gasteiger partial charge in [0.25, 0.3) is 0 Å². The van der Waals surface area contributed by atoms with Crippen molar-refractivity contribution < 1.29 is 14.6 Å². The molecule has 0 saturated heterocycles. The quantitative estimate of drug-likeness (QED) is 0.497. The molecule has 0 aliphatic rings. The van der Waals surface area contributed by atoms with Crippen LogP contribution in [0.15, 0.2) is 54.6 Å². The average molecular weight is 343 g/mol. The molecule has 4 N–H and O–H groups in total. The highest BCUT2D eigenvalue weighted by atomic mass is 16.5. The van der Waals surface area contributed by atoms with Gasteiger partial charge in [-0.05, 0) is 30.3 Å². The monoisotopic (exact) mass is 343 g/mol. The molecule has 0 bridgehead atoms. The number of anilines is 2. The van der Waals surface area contributed by atoms with Crippen molar-refractivity contribution in [2.45, 2.75) is 13.0 Å². The summed E-state index contributed by atoms with van der Waals surface area (Å²) >= 11 is 0. The van der Waals surface area contributed by atoms with Crippen molar-refractivity contribution >= 4 is 17.3 Å². The molecule has 0 aliphatic carbocycles. The van der Waals surface area contributed by atoms with E-state index in [0.717, 1.165) is 17.1 Å². The number of benzene rings is 2. The zero-order chi connectivity index (χ0) is 17.9. The normalized spacial score (nSPS) is 11.6. The van der Waals surface area contributed by atoms with Gasteiger partial charge in [0.2, 0.25) is 5.91 Å². The van der Waals surface area contributed by atoms with Crippen LogP contribution in [0.1, 0.15) is 6.92 Å². The second-order valence-corrected chi connectivity index (χ2v) is 5.67. The summed E-state index contributed by atoms with van der Waals surface area (Å²) in [6, 6.07) is 17.0. The molecular formula is C19H25N3O3. The minimum absolute atomic E-state index is 0.0921. The van der Waals surface area contributed by atoms with Gasteiger partial charge in [-0.3, -0.25) is 4.79 Å². The van der Waals surface area contributed by atoms with Crippen molar-refractivity contribution in [3.05, 3.63) is 54.6 Å². The summed E-state index contributed by atoms with van der Waals surface area (Å²) in [5, 5.41) is 19.1. The molecule has 25 heavy (non-hydrogen) atoms. The zero-order valence-corrected chi connectivity index (χ0v) is 14.4. The fourth-order valence-electron chi connectivity index (χ4n) is 2.24.